The van der Waals surface area contributed by atoms with Gasteiger partial charge in [-0.05, 0) is 30.7 Å². The number of carbonyl (C=O) groups excluding carboxylic acids is 1. The molecule has 0 spiro atoms. The molecule has 3 rings (SSSR count). The van der Waals surface area contributed by atoms with Crippen molar-refractivity contribution in [3.8, 4) is 5.88 Å². The molecule has 1 aliphatic rings. The van der Waals surface area contributed by atoms with Crippen LogP contribution in [0.2, 0.25) is 0 Å². The van der Waals surface area contributed by atoms with Gasteiger partial charge in [0.25, 0.3) is 6.43 Å². The van der Waals surface area contributed by atoms with E-state index < -0.39 is 13.0 Å². The third-order valence-electron chi connectivity index (χ3n) is 4.12. The first-order valence-electron chi connectivity index (χ1n) is 8.71. The summed E-state index contributed by atoms with van der Waals surface area (Å²) < 4.78 is 29.7. The van der Waals surface area contributed by atoms with Crippen LogP contribution in [0.1, 0.15) is 6.42 Å². The van der Waals surface area contributed by atoms with Gasteiger partial charge in [-0.25, -0.2) is 23.5 Å². The molecule has 0 saturated carbocycles. The molecule has 1 saturated heterocycles. The molecule has 27 heavy (non-hydrogen) atoms. The van der Waals surface area contributed by atoms with Crippen LogP contribution in [0.4, 0.5) is 25.1 Å². The summed E-state index contributed by atoms with van der Waals surface area (Å²) in [6.45, 7) is 1.80. The highest BCUT2D eigenvalue weighted by molar-refractivity contribution is 5.90. The lowest BCUT2D eigenvalue weighted by Crippen LogP contribution is -2.38. The molecule has 144 valence electrons. The number of alkyl halides is 2. The fourth-order valence-electron chi connectivity index (χ4n) is 2.83. The van der Waals surface area contributed by atoms with Crippen molar-refractivity contribution in [2.75, 3.05) is 43.0 Å². The number of nitrogens with one attached hydrogen (secondary N) is 1. The zero-order valence-corrected chi connectivity index (χ0v) is 14.7. The number of anilines is 2. The number of rotatable bonds is 5. The first-order chi connectivity index (χ1) is 13.1. The van der Waals surface area contributed by atoms with Crippen molar-refractivity contribution >= 4 is 17.5 Å². The Balaban J connectivity index is 1.60. The average Bonchev–Trinajstić information content (AvgIpc) is 2.94. The Morgan fingerprint density at radius 1 is 1.11 bits per heavy atom. The zero-order chi connectivity index (χ0) is 19.1. The number of ether oxygens (including phenoxy) is 1. The van der Waals surface area contributed by atoms with Crippen molar-refractivity contribution in [1.82, 2.24) is 14.9 Å². The second-order valence-electron chi connectivity index (χ2n) is 6.00. The van der Waals surface area contributed by atoms with Crippen LogP contribution in [0.5, 0.6) is 5.88 Å². The molecule has 2 aromatic rings. The van der Waals surface area contributed by atoms with E-state index in [9.17, 15) is 13.6 Å². The van der Waals surface area contributed by atoms with Gasteiger partial charge in [0, 0.05) is 38.6 Å². The molecule has 7 nitrogen and oxygen atoms in total. The van der Waals surface area contributed by atoms with E-state index in [-0.39, 0.29) is 17.6 Å². The summed E-state index contributed by atoms with van der Waals surface area (Å²) in [5.41, 5.74) is 0.272. The van der Waals surface area contributed by atoms with Crippen molar-refractivity contribution in [3.05, 3.63) is 42.7 Å². The van der Waals surface area contributed by atoms with Gasteiger partial charge in [-0.1, -0.05) is 6.07 Å². The Morgan fingerprint density at radius 2 is 1.96 bits per heavy atom. The van der Waals surface area contributed by atoms with E-state index in [1.807, 2.05) is 18.2 Å². The molecular formula is C18H21F2N5O2. The SMILES string of the molecule is O=C(Nc1cccnc1OCC(F)F)N1CCCN(c2ccccn2)CC1. The number of nitrogens with zero attached hydrogens (tertiary/aromatic N) is 4. The number of hydrogen-bond acceptors (Lipinski definition) is 5. The molecule has 0 unspecified atom stereocenters. The maximum absolute atomic E-state index is 12.6. The Kier molecular flexibility index (Phi) is 6.35. The Labute approximate surface area is 156 Å². The van der Waals surface area contributed by atoms with Gasteiger partial charge in [-0.2, -0.15) is 0 Å². The van der Waals surface area contributed by atoms with Crippen LogP contribution >= 0.6 is 0 Å². The average molecular weight is 377 g/mol. The molecule has 0 bridgehead atoms. The van der Waals surface area contributed by atoms with Crippen molar-refractivity contribution < 1.29 is 18.3 Å². The van der Waals surface area contributed by atoms with Gasteiger partial charge < -0.3 is 19.9 Å². The smallest absolute Gasteiger partial charge is 0.322 e. The van der Waals surface area contributed by atoms with Crippen LogP contribution in [0.15, 0.2) is 42.7 Å². The minimum atomic E-state index is -2.61. The summed E-state index contributed by atoms with van der Waals surface area (Å²) in [6, 6.07) is 8.61. The molecule has 2 amide bonds. The normalized spacial score (nSPS) is 14.8. The Hall–Kier alpha value is -2.97. The highest BCUT2D eigenvalue weighted by Gasteiger charge is 2.21. The molecule has 0 aromatic carbocycles. The quantitative estimate of drug-likeness (QED) is 0.868. The molecule has 1 aliphatic heterocycles. The van der Waals surface area contributed by atoms with Gasteiger partial charge in [-0.15, -0.1) is 0 Å². The van der Waals surface area contributed by atoms with Gasteiger partial charge >= 0.3 is 6.03 Å². The minimum Gasteiger partial charge on any atom is -0.470 e. The monoisotopic (exact) mass is 377 g/mol. The van der Waals surface area contributed by atoms with E-state index in [0.29, 0.717) is 19.6 Å². The predicted octanol–water partition coefficient (Wildman–Crippen LogP) is 2.86. The van der Waals surface area contributed by atoms with E-state index in [4.69, 9.17) is 4.74 Å². The van der Waals surface area contributed by atoms with Gasteiger partial charge in [0.05, 0.1) is 0 Å². The highest BCUT2D eigenvalue weighted by Crippen LogP contribution is 2.22. The van der Waals surface area contributed by atoms with Crippen LogP contribution in [-0.2, 0) is 0 Å². The van der Waals surface area contributed by atoms with Gasteiger partial charge in [0.1, 0.15) is 11.5 Å². The number of aromatic nitrogens is 2. The zero-order valence-electron chi connectivity index (χ0n) is 14.7. The first-order valence-corrected chi connectivity index (χ1v) is 8.71. The molecule has 1 fully saturated rings. The standard InChI is InChI=1S/C18H21F2N5O2/c19-15(20)13-27-17-14(5-3-8-22-17)23-18(26)25-10-4-9-24(11-12-25)16-6-1-2-7-21-16/h1-3,5-8,15H,4,9-13H2,(H,23,26). The summed E-state index contributed by atoms with van der Waals surface area (Å²) in [5.74, 6) is 0.866. The summed E-state index contributed by atoms with van der Waals surface area (Å²) in [5, 5.41) is 2.71. The van der Waals surface area contributed by atoms with E-state index in [2.05, 4.69) is 20.2 Å². The summed E-state index contributed by atoms with van der Waals surface area (Å²) in [7, 11) is 0. The third-order valence-corrected chi connectivity index (χ3v) is 4.12. The molecule has 3 heterocycles. The van der Waals surface area contributed by atoms with Crippen LogP contribution in [-0.4, -0.2) is 60.1 Å². The fourth-order valence-corrected chi connectivity index (χ4v) is 2.83. The van der Waals surface area contributed by atoms with Crippen molar-refractivity contribution in [3.63, 3.8) is 0 Å². The number of amides is 2. The van der Waals surface area contributed by atoms with Gasteiger partial charge in [0.15, 0.2) is 6.61 Å². The summed E-state index contributed by atoms with van der Waals surface area (Å²) in [6.07, 6.45) is 1.35. The molecule has 2 aromatic heterocycles. The minimum absolute atomic E-state index is 0.0175. The van der Waals surface area contributed by atoms with E-state index >= 15 is 0 Å². The van der Waals surface area contributed by atoms with Gasteiger partial charge in [0.2, 0.25) is 5.88 Å². The number of pyridine rings is 2. The van der Waals surface area contributed by atoms with E-state index in [1.54, 1.807) is 23.2 Å². The van der Waals surface area contributed by atoms with Crippen LogP contribution in [0.25, 0.3) is 0 Å². The third kappa shape index (κ3) is 5.25. The van der Waals surface area contributed by atoms with Crippen LogP contribution in [0.3, 0.4) is 0 Å². The lowest BCUT2D eigenvalue weighted by Gasteiger charge is -2.23. The van der Waals surface area contributed by atoms with Crippen molar-refractivity contribution in [2.24, 2.45) is 0 Å². The molecule has 1 N–H and O–H groups in total. The second kappa shape index (κ2) is 9.11. The molecule has 9 heteroatoms. The van der Waals surface area contributed by atoms with Gasteiger partial charge in [-0.3, -0.25) is 0 Å². The highest BCUT2D eigenvalue weighted by atomic mass is 19.3. The number of hydrogen-bond donors (Lipinski definition) is 1. The van der Waals surface area contributed by atoms with E-state index in [1.165, 1.54) is 6.20 Å². The fraction of sp³-hybridized carbons (Fsp3) is 0.389. The summed E-state index contributed by atoms with van der Waals surface area (Å²) >= 11 is 0. The van der Waals surface area contributed by atoms with Crippen LogP contribution in [0, 0.1) is 0 Å². The largest absolute Gasteiger partial charge is 0.470 e. The number of halogens is 2. The lowest BCUT2D eigenvalue weighted by molar-refractivity contribution is 0.0800. The maximum Gasteiger partial charge on any atom is 0.322 e. The Bertz CT molecular complexity index is 748. The Morgan fingerprint density at radius 3 is 2.74 bits per heavy atom. The molecule has 0 aliphatic carbocycles. The van der Waals surface area contributed by atoms with Crippen molar-refractivity contribution in [1.29, 1.82) is 0 Å². The number of urea groups is 1. The maximum atomic E-state index is 12.6. The topological polar surface area (TPSA) is 70.6 Å². The van der Waals surface area contributed by atoms with E-state index in [0.717, 1.165) is 18.8 Å². The predicted molar refractivity (Wildman–Crippen MR) is 97.4 cm³/mol. The molecule has 0 radical (unpaired) electrons. The first kappa shape index (κ1) is 18.8. The van der Waals surface area contributed by atoms with Crippen molar-refractivity contribution in [2.45, 2.75) is 12.8 Å². The van der Waals surface area contributed by atoms with Crippen LogP contribution < -0.4 is 15.0 Å². The molecule has 0 atom stereocenters. The lowest BCUT2D eigenvalue weighted by atomic mass is 10.3. The number of carbonyl (C=O) groups is 1. The second-order valence-corrected chi connectivity index (χ2v) is 6.00. The summed E-state index contributed by atoms with van der Waals surface area (Å²) in [4.78, 5) is 24.7. The molecular weight excluding hydrogens is 356 g/mol.